The number of aromatic nitrogens is 2. The summed E-state index contributed by atoms with van der Waals surface area (Å²) in [4.78, 5) is 12.6. The van der Waals surface area contributed by atoms with Crippen LogP contribution in [0.25, 0.3) is 10.9 Å². The molecule has 0 unspecified atom stereocenters. The molecule has 1 aliphatic heterocycles. The van der Waals surface area contributed by atoms with Crippen molar-refractivity contribution in [3.63, 3.8) is 0 Å². The lowest BCUT2D eigenvalue weighted by Gasteiger charge is -2.35. The molecule has 3 aromatic rings. The minimum absolute atomic E-state index is 0.0456. The molecule has 0 radical (unpaired) electrons. The number of benzene rings is 1. The molecular weight excluding hydrogens is 448 g/mol. The maximum absolute atomic E-state index is 14.7. The van der Waals surface area contributed by atoms with Crippen molar-refractivity contribution in [1.29, 1.82) is 0 Å². The zero-order chi connectivity index (χ0) is 22.6. The molecule has 3 heterocycles. The van der Waals surface area contributed by atoms with Gasteiger partial charge in [0.1, 0.15) is 22.7 Å². The molecule has 0 bridgehead atoms. The molecule has 3 N–H and O–H groups in total. The van der Waals surface area contributed by atoms with Gasteiger partial charge in [-0.3, -0.25) is 9.98 Å². The van der Waals surface area contributed by atoms with E-state index in [9.17, 15) is 17.2 Å². The van der Waals surface area contributed by atoms with Gasteiger partial charge < -0.3 is 11.1 Å². The number of nitrogens with zero attached hydrogens (tertiary/aromatic N) is 3. The van der Waals surface area contributed by atoms with Gasteiger partial charge in [-0.2, -0.15) is 0 Å². The first-order chi connectivity index (χ1) is 14.4. The van der Waals surface area contributed by atoms with Crippen molar-refractivity contribution in [3.8, 4) is 0 Å². The summed E-state index contributed by atoms with van der Waals surface area (Å²) in [5, 5.41) is 1.46. The van der Waals surface area contributed by atoms with Crippen LogP contribution in [0.2, 0.25) is 5.02 Å². The van der Waals surface area contributed by atoms with Gasteiger partial charge in [0.25, 0.3) is 5.00 Å². The molecule has 0 amide bonds. The first-order valence-electron chi connectivity index (χ1n) is 9.17. The molecule has 2 aromatic heterocycles. The normalized spacial score (nSPS) is 25.3. The maximum Gasteiger partial charge on any atom is 0.263 e. The van der Waals surface area contributed by atoms with E-state index in [1.165, 1.54) is 31.3 Å². The summed E-state index contributed by atoms with van der Waals surface area (Å²) in [5.41, 5.74) is 4.92. The van der Waals surface area contributed by atoms with Gasteiger partial charge in [0.2, 0.25) is 0 Å². The Kier molecular flexibility index (Phi) is 4.90. The molecule has 2 atom stereocenters. The second-order valence-electron chi connectivity index (χ2n) is 7.65. The quantitative estimate of drug-likeness (QED) is 0.607. The molecule has 162 valence electrons. The van der Waals surface area contributed by atoms with Gasteiger partial charge in [0.05, 0.1) is 10.8 Å². The average molecular weight is 466 g/mol. The number of amidine groups is 1. The van der Waals surface area contributed by atoms with Gasteiger partial charge in [-0.25, -0.2) is 22.2 Å². The standard InChI is InChI=1S/C20H18ClF2N5O2S/c1-19(10-31(29,30)20(2,23)18(24)28-19)14-8-13(3-4-15(14)22)27-17-16-11(5-6-25-17)7-12(21)9-26-16/h3-9H,10H2,1-2H3,(H2,24,28)(H,25,27)/t19-,20+/m0/s1. The number of nitrogens with one attached hydrogen (secondary N) is 1. The van der Waals surface area contributed by atoms with Crippen LogP contribution in [0.3, 0.4) is 0 Å². The van der Waals surface area contributed by atoms with E-state index in [0.717, 1.165) is 12.3 Å². The number of aliphatic imine (C=N–C) groups is 1. The second kappa shape index (κ2) is 7.10. The van der Waals surface area contributed by atoms with Crippen molar-refractivity contribution in [2.45, 2.75) is 24.4 Å². The maximum atomic E-state index is 14.7. The Morgan fingerprint density at radius 2 is 1.94 bits per heavy atom. The van der Waals surface area contributed by atoms with Gasteiger partial charge in [0.15, 0.2) is 15.7 Å². The van der Waals surface area contributed by atoms with Crippen molar-refractivity contribution >= 4 is 49.7 Å². The van der Waals surface area contributed by atoms with Crippen LogP contribution in [-0.4, -0.2) is 35.0 Å². The second-order valence-corrected chi connectivity index (χ2v) is 10.4. The molecule has 4 rings (SSSR count). The summed E-state index contributed by atoms with van der Waals surface area (Å²) in [7, 11) is -4.33. The average Bonchev–Trinajstić information content (AvgIpc) is 2.67. The fraction of sp³-hybridized carbons (Fsp3) is 0.250. The Hall–Kier alpha value is -2.85. The van der Waals surface area contributed by atoms with Crippen molar-refractivity contribution in [2.75, 3.05) is 11.1 Å². The summed E-state index contributed by atoms with van der Waals surface area (Å²) in [6.45, 7) is 2.23. The molecule has 1 aromatic carbocycles. The molecule has 11 heteroatoms. The molecule has 0 saturated carbocycles. The number of nitrogens with two attached hydrogens (primary N) is 1. The number of pyridine rings is 2. The highest BCUT2D eigenvalue weighted by Gasteiger charge is 2.53. The van der Waals surface area contributed by atoms with E-state index in [1.807, 2.05) is 0 Å². The largest absolute Gasteiger partial charge is 0.384 e. The van der Waals surface area contributed by atoms with E-state index < -0.39 is 37.8 Å². The smallest absolute Gasteiger partial charge is 0.263 e. The Bertz CT molecular complexity index is 1350. The van der Waals surface area contributed by atoms with E-state index in [2.05, 4.69) is 20.3 Å². The van der Waals surface area contributed by atoms with Gasteiger partial charge in [-0.15, -0.1) is 0 Å². The number of fused-ring (bicyclic) bond motifs is 1. The molecule has 0 aliphatic carbocycles. The Balaban J connectivity index is 1.78. The molecule has 0 saturated heterocycles. The third-order valence-electron chi connectivity index (χ3n) is 5.26. The minimum Gasteiger partial charge on any atom is -0.384 e. The highest BCUT2D eigenvalue weighted by atomic mass is 35.5. The van der Waals surface area contributed by atoms with E-state index in [1.54, 1.807) is 18.3 Å². The summed E-state index contributed by atoms with van der Waals surface area (Å²) in [6, 6.07) is 7.50. The SMILES string of the molecule is C[C@]1(F)C(N)=N[C@](C)(c2cc(Nc3nccc4cc(Cl)cnc34)ccc2F)CS1(=O)=O. The van der Waals surface area contributed by atoms with Crippen molar-refractivity contribution < 1.29 is 17.2 Å². The van der Waals surface area contributed by atoms with Crippen LogP contribution >= 0.6 is 11.6 Å². The summed E-state index contributed by atoms with van der Waals surface area (Å²) in [5.74, 6) is -1.75. The predicted molar refractivity (Wildman–Crippen MR) is 117 cm³/mol. The van der Waals surface area contributed by atoms with E-state index in [4.69, 9.17) is 17.3 Å². The number of halogens is 3. The predicted octanol–water partition coefficient (Wildman–Crippen LogP) is 3.85. The third kappa shape index (κ3) is 3.59. The van der Waals surface area contributed by atoms with Crippen LogP contribution in [-0.2, 0) is 15.4 Å². The lowest BCUT2D eigenvalue weighted by atomic mass is 9.93. The van der Waals surface area contributed by atoms with Gasteiger partial charge in [-0.1, -0.05) is 11.6 Å². The fourth-order valence-corrected chi connectivity index (χ4v) is 5.24. The number of anilines is 2. The van der Waals surface area contributed by atoms with Crippen LogP contribution in [0.1, 0.15) is 19.4 Å². The topological polar surface area (TPSA) is 110 Å². The number of alkyl halides is 1. The zero-order valence-electron chi connectivity index (χ0n) is 16.5. The van der Waals surface area contributed by atoms with Crippen LogP contribution in [0.4, 0.5) is 20.3 Å². The molecule has 7 nitrogen and oxygen atoms in total. The number of sulfone groups is 1. The molecule has 0 fully saturated rings. The summed E-state index contributed by atoms with van der Waals surface area (Å²) < 4.78 is 54.2. The Morgan fingerprint density at radius 1 is 1.19 bits per heavy atom. The van der Waals surface area contributed by atoms with Crippen molar-refractivity contribution in [3.05, 3.63) is 59.1 Å². The Morgan fingerprint density at radius 3 is 2.65 bits per heavy atom. The van der Waals surface area contributed by atoms with E-state index >= 15 is 0 Å². The number of hydrogen-bond acceptors (Lipinski definition) is 7. The lowest BCUT2D eigenvalue weighted by molar-refractivity contribution is 0.354. The molecule has 31 heavy (non-hydrogen) atoms. The van der Waals surface area contributed by atoms with Crippen molar-refractivity contribution in [1.82, 2.24) is 9.97 Å². The molecular formula is C20H18ClF2N5O2S. The number of hydrogen-bond donors (Lipinski definition) is 2. The molecule has 0 spiro atoms. The van der Waals surface area contributed by atoms with Gasteiger partial charge >= 0.3 is 0 Å². The summed E-state index contributed by atoms with van der Waals surface area (Å²) in [6.07, 6.45) is 3.04. The Labute approximate surface area is 182 Å². The fourth-order valence-electron chi connectivity index (χ4n) is 3.48. The minimum atomic E-state index is -4.33. The first kappa shape index (κ1) is 21.4. The monoisotopic (exact) mass is 465 g/mol. The van der Waals surface area contributed by atoms with E-state index in [0.29, 0.717) is 22.0 Å². The molecule has 1 aliphatic rings. The zero-order valence-corrected chi connectivity index (χ0v) is 18.1. The van der Waals surface area contributed by atoms with E-state index in [-0.39, 0.29) is 5.56 Å². The first-order valence-corrected chi connectivity index (χ1v) is 11.2. The van der Waals surface area contributed by atoms with Crippen LogP contribution in [0.15, 0.2) is 47.7 Å². The van der Waals surface area contributed by atoms with Crippen LogP contribution in [0, 0.1) is 5.82 Å². The lowest BCUT2D eigenvalue weighted by Crippen LogP contribution is -2.54. The van der Waals surface area contributed by atoms with Crippen LogP contribution in [0.5, 0.6) is 0 Å². The highest BCUT2D eigenvalue weighted by molar-refractivity contribution is 7.93. The van der Waals surface area contributed by atoms with Crippen molar-refractivity contribution in [2.24, 2.45) is 10.7 Å². The highest BCUT2D eigenvalue weighted by Crippen LogP contribution is 2.39. The number of rotatable bonds is 3. The van der Waals surface area contributed by atoms with Crippen LogP contribution < -0.4 is 11.1 Å². The van der Waals surface area contributed by atoms with Gasteiger partial charge in [-0.05, 0) is 44.2 Å². The third-order valence-corrected chi connectivity index (χ3v) is 7.78. The van der Waals surface area contributed by atoms with Gasteiger partial charge in [0, 0.05) is 29.0 Å². The summed E-state index contributed by atoms with van der Waals surface area (Å²) >= 11 is 5.98.